The normalized spacial score (nSPS) is 10.3. The summed E-state index contributed by atoms with van der Waals surface area (Å²) in [5.74, 6) is 0.820. The van der Waals surface area contributed by atoms with E-state index >= 15 is 0 Å². The fourth-order valence-electron chi connectivity index (χ4n) is 1.97. The summed E-state index contributed by atoms with van der Waals surface area (Å²) in [5, 5.41) is 18.3. The smallest absolute Gasteiger partial charge is 0.181 e. The third-order valence-electron chi connectivity index (χ3n) is 2.96. The molecule has 0 atom stereocenters. The SMILES string of the molecule is N#Cc1ccc2c(-n3ccc(=O)cc3)nnc(N)c2c1. The molecule has 96 valence electrons. The first kappa shape index (κ1) is 11.9. The summed E-state index contributed by atoms with van der Waals surface area (Å²) in [6, 6.07) is 10.1. The minimum atomic E-state index is -0.0827. The van der Waals surface area contributed by atoms with E-state index in [0.717, 1.165) is 5.39 Å². The molecule has 1 aromatic carbocycles. The van der Waals surface area contributed by atoms with E-state index in [1.807, 2.05) is 0 Å². The molecule has 0 saturated carbocycles. The molecule has 20 heavy (non-hydrogen) atoms. The molecule has 2 N–H and O–H groups in total. The Kier molecular flexibility index (Phi) is 2.66. The summed E-state index contributed by atoms with van der Waals surface area (Å²) in [6.45, 7) is 0. The van der Waals surface area contributed by atoms with Crippen LogP contribution in [-0.2, 0) is 0 Å². The van der Waals surface area contributed by atoms with Crippen molar-refractivity contribution in [1.82, 2.24) is 14.8 Å². The van der Waals surface area contributed by atoms with Gasteiger partial charge in [-0.3, -0.25) is 4.79 Å². The third kappa shape index (κ3) is 1.87. The zero-order valence-corrected chi connectivity index (χ0v) is 10.3. The fraction of sp³-hybridized carbons (Fsp3) is 0. The molecule has 0 aliphatic rings. The second kappa shape index (κ2) is 4.48. The van der Waals surface area contributed by atoms with Crippen LogP contribution in [0.1, 0.15) is 5.56 Å². The Morgan fingerprint density at radius 3 is 2.55 bits per heavy atom. The van der Waals surface area contributed by atoms with Crippen LogP contribution in [0.25, 0.3) is 16.6 Å². The number of aromatic nitrogens is 3. The summed E-state index contributed by atoms with van der Waals surface area (Å²) >= 11 is 0. The Hall–Kier alpha value is -3.20. The van der Waals surface area contributed by atoms with E-state index in [0.29, 0.717) is 16.8 Å². The average Bonchev–Trinajstić information content (AvgIpc) is 2.49. The lowest BCUT2D eigenvalue weighted by molar-refractivity contribution is 0.926. The van der Waals surface area contributed by atoms with Crippen molar-refractivity contribution in [2.45, 2.75) is 0 Å². The highest BCUT2D eigenvalue weighted by molar-refractivity contribution is 5.95. The van der Waals surface area contributed by atoms with Crippen LogP contribution in [0.3, 0.4) is 0 Å². The van der Waals surface area contributed by atoms with E-state index in [-0.39, 0.29) is 11.2 Å². The number of nitriles is 1. The quantitative estimate of drug-likeness (QED) is 0.712. The highest BCUT2D eigenvalue weighted by Crippen LogP contribution is 2.24. The monoisotopic (exact) mass is 263 g/mol. The number of hydrogen-bond donors (Lipinski definition) is 1. The maximum absolute atomic E-state index is 11.1. The zero-order chi connectivity index (χ0) is 14.1. The first-order valence-corrected chi connectivity index (χ1v) is 5.84. The van der Waals surface area contributed by atoms with Crippen molar-refractivity contribution in [1.29, 1.82) is 5.26 Å². The number of anilines is 1. The minimum Gasteiger partial charge on any atom is -0.382 e. The van der Waals surface area contributed by atoms with Crippen molar-refractivity contribution >= 4 is 16.6 Å². The van der Waals surface area contributed by atoms with Crippen LogP contribution in [0.2, 0.25) is 0 Å². The van der Waals surface area contributed by atoms with Crippen LogP contribution in [0.5, 0.6) is 0 Å². The second-order valence-electron chi connectivity index (χ2n) is 4.22. The van der Waals surface area contributed by atoms with Crippen LogP contribution in [0.4, 0.5) is 5.82 Å². The molecule has 6 nitrogen and oxygen atoms in total. The predicted octanol–water partition coefficient (Wildman–Crippen LogP) is 1.23. The van der Waals surface area contributed by atoms with E-state index < -0.39 is 0 Å². The Bertz CT molecular complexity index is 887. The van der Waals surface area contributed by atoms with E-state index in [2.05, 4.69) is 16.3 Å². The molecule has 2 aromatic heterocycles. The van der Waals surface area contributed by atoms with Gasteiger partial charge in [-0.25, -0.2) is 0 Å². The fourth-order valence-corrected chi connectivity index (χ4v) is 1.97. The van der Waals surface area contributed by atoms with Crippen LogP contribution in [0, 0.1) is 11.3 Å². The summed E-state index contributed by atoms with van der Waals surface area (Å²) in [6.07, 6.45) is 3.22. The zero-order valence-electron chi connectivity index (χ0n) is 10.3. The highest BCUT2D eigenvalue weighted by Gasteiger charge is 2.09. The lowest BCUT2D eigenvalue weighted by atomic mass is 10.1. The van der Waals surface area contributed by atoms with Crippen molar-refractivity contribution in [2.75, 3.05) is 5.73 Å². The van der Waals surface area contributed by atoms with Gasteiger partial charge >= 0.3 is 0 Å². The van der Waals surface area contributed by atoms with Gasteiger partial charge in [0.05, 0.1) is 11.6 Å². The van der Waals surface area contributed by atoms with Gasteiger partial charge in [0.25, 0.3) is 0 Å². The van der Waals surface area contributed by atoms with Gasteiger partial charge in [-0.2, -0.15) is 5.26 Å². The topological polar surface area (TPSA) is 97.6 Å². The van der Waals surface area contributed by atoms with E-state index in [4.69, 9.17) is 11.0 Å². The summed E-state index contributed by atoms with van der Waals surface area (Å²) in [7, 11) is 0. The molecule has 0 aliphatic heterocycles. The first-order chi connectivity index (χ1) is 9.69. The Balaban J connectivity index is 2.32. The van der Waals surface area contributed by atoms with Crippen molar-refractivity contribution in [2.24, 2.45) is 0 Å². The molecule has 0 saturated heterocycles. The van der Waals surface area contributed by atoms with Gasteiger partial charge in [-0.05, 0) is 18.2 Å². The Morgan fingerprint density at radius 1 is 1.10 bits per heavy atom. The maximum atomic E-state index is 11.1. The Morgan fingerprint density at radius 2 is 1.85 bits per heavy atom. The van der Waals surface area contributed by atoms with Crippen molar-refractivity contribution < 1.29 is 0 Å². The summed E-state index contributed by atoms with van der Waals surface area (Å²) < 4.78 is 1.68. The molecular formula is C14H9N5O. The molecule has 3 rings (SSSR count). The molecule has 6 heteroatoms. The van der Waals surface area contributed by atoms with Gasteiger partial charge in [0, 0.05) is 35.3 Å². The van der Waals surface area contributed by atoms with Gasteiger partial charge in [0.1, 0.15) is 0 Å². The van der Waals surface area contributed by atoms with Gasteiger partial charge in [-0.1, -0.05) is 0 Å². The number of nitrogens with zero attached hydrogens (tertiary/aromatic N) is 4. The van der Waals surface area contributed by atoms with Crippen LogP contribution in [-0.4, -0.2) is 14.8 Å². The lowest BCUT2D eigenvalue weighted by Gasteiger charge is -2.09. The first-order valence-electron chi connectivity index (χ1n) is 5.84. The molecule has 0 unspecified atom stereocenters. The van der Waals surface area contributed by atoms with Gasteiger partial charge in [-0.15, -0.1) is 10.2 Å². The second-order valence-corrected chi connectivity index (χ2v) is 4.22. The Labute approximate surface area is 113 Å². The molecule has 0 bridgehead atoms. The molecular weight excluding hydrogens is 254 g/mol. The number of benzene rings is 1. The summed E-state index contributed by atoms with van der Waals surface area (Å²) in [4.78, 5) is 11.1. The number of nitrogens with two attached hydrogens (primary N) is 1. The summed E-state index contributed by atoms with van der Waals surface area (Å²) in [5.41, 5.74) is 6.23. The van der Waals surface area contributed by atoms with E-state index in [1.54, 1.807) is 35.2 Å². The predicted molar refractivity (Wildman–Crippen MR) is 74.3 cm³/mol. The molecule has 2 heterocycles. The molecule has 0 radical (unpaired) electrons. The number of nitrogen functional groups attached to an aromatic ring is 1. The van der Waals surface area contributed by atoms with Crippen molar-refractivity contribution in [3.05, 3.63) is 58.5 Å². The van der Waals surface area contributed by atoms with Crippen molar-refractivity contribution in [3.8, 4) is 11.9 Å². The lowest BCUT2D eigenvalue weighted by Crippen LogP contribution is -2.06. The maximum Gasteiger partial charge on any atom is 0.181 e. The van der Waals surface area contributed by atoms with Gasteiger partial charge < -0.3 is 10.3 Å². The molecule has 3 aromatic rings. The highest BCUT2D eigenvalue weighted by atomic mass is 16.1. The van der Waals surface area contributed by atoms with Crippen LogP contribution in [0.15, 0.2) is 47.5 Å². The number of pyridine rings is 1. The van der Waals surface area contributed by atoms with Crippen LogP contribution < -0.4 is 11.2 Å². The molecule has 0 aliphatic carbocycles. The van der Waals surface area contributed by atoms with E-state index in [1.165, 1.54) is 12.1 Å². The van der Waals surface area contributed by atoms with Gasteiger partial charge in [0.2, 0.25) is 0 Å². The molecule has 0 amide bonds. The van der Waals surface area contributed by atoms with Gasteiger partial charge in [0.15, 0.2) is 17.1 Å². The van der Waals surface area contributed by atoms with Crippen molar-refractivity contribution in [3.63, 3.8) is 0 Å². The minimum absolute atomic E-state index is 0.0827. The molecule has 0 spiro atoms. The molecule has 0 fully saturated rings. The number of rotatable bonds is 1. The number of fused-ring (bicyclic) bond motifs is 1. The van der Waals surface area contributed by atoms with Crippen LogP contribution >= 0.6 is 0 Å². The standard InChI is InChI=1S/C14H9N5O/c15-8-9-1-2-11-12(7-9)13(16)17-18-14(11)19-5-3-10(20)4-6-19/h1-7H,(H2,16,17). The third-order valence-corrected chi connectivity index (χ3v) is 2.96. The average molecular weight is 263 g/mol. The van der Waals surface area contributed by atoms with E-state index in [9.17, 15) is 4.79 Å². The number of hydrogen-bond acceptors (Lipinski definition) is 5. The largest absolute Gasteiger partial charge is 0.382 e.